The third kappa shape index (κ3) is 4.54. The van der Waals surface area contributed by atoms with Crippen molar-refractivity contribution in [1.82, 2.24) is 14.6 Å². The maximum Gasteiger partial charge on any atom is 0.242 e. The maximum atomic E-state index is 12.4. The first-order valence-electron chi connectivity index (χ1n) is 7.92. The monoisotopic (exact) mass is 365 g/mol. The fourth-order valence-corrected chi connectivity index (χ4v) is 4.29. The van der Waals surface area contributed by atoms with Crippen LogP contribution >= 0.6 is 11.6 Å². The smallest absolute Gasteiger partial charge is 0.242 e. The summed E-state index contributed by atoms with van der Waals surface area (Å²) in [6, 6.07) is 10.9. The number of nitrogens with one attached hydrogen (secondary N) is 1. The van der Waals surface area contributed by atoms with Crippen LogP contribution in [-0.4, -0.2) is 37.4 Å². The van der Waals surface area contributed by atoms with Gasteiger partial charge in [-0.05, 0) is 49.2 Å². The van der Waals surface area contributed by atoms with E-state index in [-0.39, 0.29) is 10.9 Å². The zero-order chi connectivity index (χ0) is 17.0. The van der Waals surface area contributed by atoms with E-state index in [1.807, 2.05) is 24.3 Å². The van der Waals surface area contributed by atoms with Crippen LogP contribution in [0.1, 0.15) is 18.4 Å². The minimum absolute atomic E-state index is 0.0868. The van der Waals surface area contributed by atoms with E-state index in [9.17, 15) is 8.42 Å². The Morgan fingerprint density at radius 3 is 2.75 bits per heavy atom. The highest BCUT2D eigenvalue weighted by Crippen LogP contribution is 2.17. The lowest BCUT2D eigenvalue weighted by Crippen LogP contribution is -2.47. The summed E-state index contributed by atoms with van der Waals surface area (Å²) in [6.07, 6.45) is 4.74. The molecule has 0 unspecified atom stereocenters. The molecule has 1 atom stereocenters. The molecule has 0 spiro atoms. The summed E-state index contributed by atoms with van der Waals surface area (Å²) in [5.74, 6) is 0. The van der Waals surface area contributed by atoms with Crippen LogP contribution in [0.2, 0.25) is 5.02 Å². The summed E-state index contributed by atoms with van der Waals surface area (Å²) < 4.78 is 27.6. The molecule has 1 aromatic heterocycles. The first kappa shape index (κ1) is 17.4. The van der Waals surface area contributed by atoms with E-state index in [1.165, 1.54) is 11.8 Å². The standard InChI is InChI=1S/C17H20ClN3O2S/c18-15-7-5-14(6-8-15)12-21-10-2-3-16(13-21)20-24(22,23)17-4-1-9-19-11-17/h1,4-9,11,16,20H,2-3,10,12-13H2/t16-/m1/s1. The fraction of sp³-hybridized carbons (Fsp3) is 0.353. The SMILES string of the molecule is O=S(=O)(N[C@@H]1CCCN(Cc2ccc(Cl)cc2)C1)c1cccnc1. The molecule has 1 fully saturated rings. The van der Waals surface area contributed by atoms with Crippen molar-refractivity contribution in [2.45, 2.75) is 30.3 Å². The summed E-state index contributed by atoms with van der Waals surface area (Å²) in [7, 11) is -3.52. The van der Waals surface area contributed by atoms with Crippen molar-refractivity contribution >= 4 is 21.6 Å². The van der Waals surface area contributed by atoms with Gasteiger partial charge in [0.05, 0.1) is 0 Å². The Hall–Kier alpha value is -1.47. The lowest BCUT2D eigenvalue weighted by molar-refractivity contribution is 0.194. The van der Waals surface area contributed by atoms with E-state index >= 15 is 0 Å². The first-order valence-corrected chi connectivity index (χ1v) is 9.78. The molecule has 1 aromatic carbocycles. The molecule has 1 aliphatic heterocycles. The number of sulfonamides is 1. The second-order valence-electron chi connectivity index (χ2n) is 6.01. The van der Waals surface area contributed by atoms with Crippen LogP contribution in [0.15, 0.2) is 53.7 Å². The highest BCUT2D eigenvalue weighted by Gasteiger charge is 2.25. The zero-order valence-corrected chi connectivity index (χ0v) is 14.8. The van der Waals surface area contributed by atoms with Crippen molar-refractivity contribution in [3.05, 3.63) is 59.4 Å². The number of hydrogen-bond donors (Lipinski definition) is 1. The molecule has 2 heterocycles. The topological polar surface area (TPSA) is 62.3 Å². The molecule has 0 saturated carbocycles. The minimum Gasteiger partial charge on any atom is -0.298 e. The Morgan fingerprint density at radius 2 is 2.04 bits per heavy atom. The van der Waals surface area contributed by atoms with Crippen LogP contribution in [-0.2, 0) is 16.6 Å². The van der Waals surface area contributed by atoms with Crippen molar-refractivity contribution < 1.29 is 8.42 Å². The average Bonchev–Trinajstić information content (AvgIpc) is 2.58. The van der Waals surface area contributed by atoms with E-state index in [0.29, 0.717) is 6.54 Å². The second-order valence-corrected chi connectivity index (χ2v) is 8.16. The molecule has 5 nitrogen and oxygen atoms in total. The predicted molar refractivity (Wildman–Crippen MR) is 94.3 cm³/mol. The molecule has 3 rings (SSSR count). The van der Waals surface area contributed by atoms with E-state index in [2.05, 4.69) is 14.6 Å². The van der Waals surface area contributed by atoms with Crippen molar-refractivity contribution in [1.29, 1.82) is 0 Å². The van der Waals surface area contributed by atoms with Gasteiger partial charge in [0.15, 0.2) is 0 Å². The van der Waals surface area contributed by atoms with Gasteiger partial charge in [-0.25, -0.2) is 13.1 Å². The van der Waals surface area contributed by atoms with Crippen LogP contribution in [0.25, 0.3) is 0 Å². The van der Waals surface area contributed by atoms with Crippen LogP contribution in [0.4, 0.5) is 0 Å². The molecular formula is C17H20ClN3O2S. The quantitative estimate of drug-likeness (QED) is 0.884. The number of halogens is 1. The van der Waals surface area contributed by atoms with Crippen molar-refractivity contribution in [2.24, 2.45) is 0 Å². The second kappa shape index (κ2) is 7.61. The van der Waals surface area contributed by atoms with Gasteiger partial charge >= 0.3 is 0 Å². The molecular weight excluding hydrogens is 346 g/mol. The van der Waals surface area contributed by atoms with Crippen LogP contribution in [0.3, 0.4) is 0 Å². The van der Waals surface area contributed by atoms with E-state index in [0.717, 1.165) is 31.0 Å². The summed E-state index contributed by atoms with van der Waals surface area (Å²) in [6.45, 7) is 2.46. The lowest BCUT2D eigenvalue weighted by atomic mass is 10.1. The number of pyridine rings is 1. The Bertz CT molecular complexity index is 766. The van der Waals surface area contributed by atoms with E-state index < -0.39 is 10.0 Å². The predicted octanol–water partition coefficient (Wildman–Crippen LogP) is 2.68. The summed E-state index contributed by atoms with van der Waals surface area (Å²) in [5, 5.41) is 0.722. The Labute approximate surface area is 147 Å². The number of hydrogen-bond acceptors (Lipinski definition) is 4. The molecule has 0 radical (unpaired) electrons. The van der Waals surface area contributed by atoms with Crippen LogP contribution in [0, 0.1) is 0 Å². The van der Waals surface area contributed by atoms with Gasteiger partial charge in [0.1, 0.15) is 4.90 Å². The van der Waals surface area contributed by atoms with Gasteiger partial charge in [0, 0.05) is 36.5 Å². The van der Waals surface area contributed by atoms with Crippen molar-refractivity contribution in [3.8, 4) is 0 Å². The molecule has 1 N–H and O–H groups in total. The lowest BCUT2D eigenvalue weighted by Gasteiger charge is -2.33. The normalized spacial score (nSPS) is 19.3. The minimum atomic E-state index is -3.52. The highest BCUT2D eigenvalue weighted by molar-refractivity contribution is 7.89. The molecule has 0 bridgehead atoms. The van der Waals surface area contributed by atoms with Crippen molar-refractivity contribution in [2.75, 3.05) is 13.1 Å². The summed E-state index contributed by atoms with van der Waals surface area (Å²) >= 11 is 5.91. The molecule has 1 saturated heterocycles. The Kier molecular flexibility index (Phi) is 5.50. The zero-order valence-electron chi connectivity index (χ0n) is 13.2. The van der Waals surface area contributed by atoms with Gasteiger partial charge < -0.3 is 0 Å². The highest BCUT2D eigenvalue weighted by atomic mass is 35.5. The van der Waals surface area contributed by atoms with Gasteiger partial charge in [-0.15, -0.1) is 0 Å². The van der Waals surface area contributed by atoms with Gasteiger partial charge in [-0.2, -0.15) is 0 Å². The fourth-order valence-electron chi connectivity index (χ4n) is 2.94. The average molecular weight is 366 g/mol. The van der Waals surface area contributed by atoms with Gasteiger partial charge in [-0.1, -0.05) is 23.7 Å². The molecule has 7 heteroatoms. The van der Waals surface area contributed by atoms with Crippen LogP contribution < -0.4 is 4.72 Å². The summed E-state index contributed by atoms with van der Waals surface area (Å²) in [5.41, 5.74) is 1.18. The third-order valence-electron chi connectivity index (χ3n) is 4.09. The third-order valence-corrected chi connectivity index (χ3v) is 5.85. The van der Waals surface area contributed by atoms with Crippen molar-refractivity contribution in [3.63, 3.8) is 0 Å². The number of aromatic nitrogens is 1. The number of likely N-dealkylation sites (tertiary alicyclic amines) is 1. The first-order chi connectivity index (χ1) is 11.5. The van der Waals surface area contributed by atoms with E-state index in [4.69, 9.17) is 11.6 Å². The molecule has 24 heavy (non-hydrogen) atoms. The molecule has 2 aromatic rings. The number of rotatable bonds is 5. The molecule has 0 aliphatic carbocycles. The van der Waals surface area contributed by atoms with Crippen LogP contribution in [0.5, 0.6) is 0 Å². The number of piperidine rings is 1. The Morgan fingerprint density at radius 1 is 1.25 bits per heavy atom. The molecule has 1 aliphatic rings. The van der Waals surface area contributed by atoms with E-state index in [1.54, 1.807) is 18.3 Å². The van der Waals surface area contributed by atoms with Gasteiger partial charge in [-0.3, -0.25) is 9.88 Å². The van der Waals surface area contributed by atoms with Gasteiger partial charge in [0.2, 0.25) is 10.0 Å². The number of benzene rings is 1. The van der Waals surface area contributed by atoms with Gasteiger partial charge in [0.25, 0.3) is 0 Å². The molecule has 128 valence electrons. The number of nitrogens with zero attached hydrogens (tertiary/aromatic N) is 2. The molecule has 0 amide bonds. The summed E-state index contributed by atoms with van der Waals surface area (Å²) in [4.78, 5) is 6.36. The maximum absolute atomic E-state index is 12.4. The largest absolute Gasteiger partial charge is 0.298 e. The Balaban J connectivity index is 1.62.